The average molecular weight is 959 g/mol. The number of aryl methyl sites for hydroxylation is 1. The molecular weight excluding hydrogens is 896 g/mol. The minimum atomic E-state index is -4.27. The maximum atomic E-state index is 11.4. The summed E-state index contributed by atoms with van der Waals surface area (Å²) in [5, 5.41) is 5.84. The zero-order valence-corrected chi connectivity index (χ0v) is 41.9. The normalized spacial score (nSPS) is 18.2. The number of unbranched alkanes of at least 4 members (excludes halogenated alkanes) is 3. The van der Waals surface area contributed by atoms with Gasteiger partial charge in [-0.3, -0.25) is 0 Å². The van der Waals surface area contributed by atoms with Gasteiger partial charge in [-0.05, 0) is 121 Å². The maximum Gasteiger partial charge on any atom is 0.210 e. The molecule has 2 heterocycles. The lowest BCUT2D eigenvalue weighted by Crippen LogP contribution is -2.28. The Morgan fingerprint density at radius 1 is 0.716 bits per heavy atom. The van der Waals surface area contributed by atoms with E-state index in [4.69, 9.17) is 11.6 Å². The lowest BCUT2D eigenvalue weighted by Gasteiger charge is -2.27. The zero-order chi connectivity index (χ0) is 48.1. The van der Waals surface area contributed by atoms with E-state index in [0.717, 1.165) is 65.4 Å². The molecule has 0 unspecified atom stereocenters. The van der Waals surface area contributed by atoms with Crippen molar-refractivity contribution >= 4 is 70.5 Å². The molecule has 352 valence electrons. The smallest absolute Gasteiger partial charge is 0.210 e. The molecule has 8 nitrogen and oxygen atoms in total. The molecular formula is C56H62ClN2O6S2-. The molecule has 5 aromatic carbocycles. The lowest BCUT2D eigenvalue weighted by atomic mass is 9.79. The Labute approximate surface area is 403 Å². The molecule has 11 heteroatoms. The Bertz CT molecular complexity index is 3080. The van der Waals surface area contributed by atoms with Crippen LogP contribution in [0.5, 0.6) is 0 Å². The third-order valence-corrected chi connectivity index (χ3v) is 15.5. The highest BCUT2D eigenvalue weighted by Crippen LogP contribution is 2.51. The summed E-state index contributed by atoms with van der Waals surface area (Å²) in [6, 6.07) is 31.9. The third kappa shape index (κ3) is 11.1. The summed E-state index contributed by atoms with van der Waals surface area (Å²) in [7, 11) is -8.52. The van der Waals surface area contributed by atoms with E-state index in [1.165, 1.54) is 69.0 Å². The standard InChI is InChI=1S/C49H55ClN2O3S.C7H8O3S/c1-6-7-14-32-51-41-29-26-35-18-8-11-23-39(35)45(41)48(2,3)43(51)25-13-10-20-37-21-17-22-38(47(37)50)28-31-44-49(4,5)46-40-24-12-9-19-36(40)27-30-42(46)52(44)33-15-16-34-56(53,54)55;1-6-2-4-7(5-3-6)11(8,9)10/h8-13,18-20,23-31H,6-7,14-17,21-22,32-34H2,1-5H3;2-5H,1H3,(H,8,9,10)/p-1. The van der Waals surface area contributed by atoms with Crippen LogP contribution in [-0.2, 0) is 31.1 Å². The first-order chi connectivity index (χ1) is 31.8. The van der Waals surface area contributed by atoms with Crippen molar-refractivity contribution < 1.29 is 30.5 Å². The summed E-state index contributed by atoms with van der Waals surface area (Å²) in [5.41, 5.74) is 10.4. The van der Waals surface area contributed by atoms with Crippen LogP contribution in [0.3, 0.4) is 0 Å². The predicted octanol–water partition coefficient (Wildman–Crippen LogP) is 13.2. The molecule has 0 saturated carbocycles. The molecule has 0 fully saturated rings. The number of allylic oxidation sites excluding steroid dienone is 10. The van der Waals surface area contributed by atoms with E-state index < -0.39 is 20.2 Å². The molecule has 67 heavy (non-hydrogen) atoms. The van der Waals surface area contributed by atoms with Gasteiger partial charge in [0.25, 0.3) is 0 Å². The summed E-state index contributed by atoms with van der Waals surface area (Å²) in [4.78, 5) is 2.37. The molecule has 0 radical (unpaired) electrons. The molecule has 2 aliphatic heterocycles. The fourth-order valence-electron chi connectivity index (χ4n) is 10.0. The minimum Gasteiger partial charge on any atom is -0.748 e. The average Bonchev–Trinajstić information content (AvgIpc) is 3.64. The summed E-state index contributed by atoms with van der Waals surface area (Å²) in [6.45, 7) is 15.0. The summed E-state index contributed by atoms with van der Waals surface area (Å²) < 4.78 is 67.6. The molecule has 1 aliphatic carbocycles. The molecule has 5 aromatic rings. The van der Waals surface area contributed by atoms with Gasteiger partial charge in [0, 0.05) is 58.3 Å². The van der Waals surface area contributed by atoms with E-state index in [2.05, 4.69) is 153 Å². The van der Waals surface area contributed by atoms with E-state index in [9.17, 15) is 25.9 Å². The Morgan fingerprint density at radius 3 is 2.01 bits per heavy atom. The largest absolute Gasteiger partial charge is 0.748 e. The summed E-state index contributed by atoms with van der Waals surface area (Å²) in [6.07, 6.45) is 20.6. The lowest BCUT2D eigenvalue weighted by molar-refractivity contribution is -0.438. The first-order valence-corrected chi connectivity index (χ1v) is 26.8. The number of hydrogen-bond acceptors (Lipinski definition) is 7. The van der Waals surface area contributed by atoms with Crippen LogP contribution in [0, 0.1) is 6.92 Å². The van der Waals surface area contributed by atoms with Gasteiger partial charge in [-0.1, -0.05) is 142 Å². The second kappa shape index (κ2) is 20.6. The molecule has 0 aromatic heterocycles. The SMILES string of the molecule is CCCCCN1/C(=C/C=C/C=C2CCCC(/C=C/C3=[N+](CCCCS(=O)(=O)[O-])c4ccc5ccccc5c4C3(C)C)=C2Cl)C(C)(C)c2c1ccc1ccccc21.Cc1ccc(S(=O)(=O)[O-])cc1. The molecule has 0 saturated heterocycles. The zero-order valence-electron chi connectivity index (χ0n) is 39.5. The van der Waals surface area contributed by atoms with Crippen molar-refractivity contribution in [3.05, 3.63) is 172 Å². The van der Waals surface area contributed by atoms with Crippen LogP contribution < -0.4 is 4.90 Å². The van der Waals surface area contributed by atoms with E-state index >= 15 is 0 Å². The fourth-order valence-corrected chi connectivity index (χ4v) is 11.4. The number of hydrogen-bond donors (Lipinski definition) is 0. The van der Waals surface area contributed by atoms with Crippen molar-refractivity contribution in [1.82, 2.24) is 0 Å². The molecule has 0 spiro atoms. The van der Waals surface area contributed by atoms with Crippen molar-refractivity contribution in [2.45, 2.75) is 109 Å². The van der Waals surface area contributed by atoms with E-state index in [1.54, 1.807) is 12.1 Å². The van der Waals surface area contributed by atoms with Crippen LogP contribution in [0.25, 0.3) is 21.5 Å². The van der Waals surface area contributed by atoms with Crippen molar-refractivity contribution in [1.29, 1.82) is 0 Å². The van der Waals surface area contributed by atoms with Gasteiger partial charge < -0.3 is 14.0 Å². The molecule has 0 atom stereocenters. The summed E-state index contributed by atoms with van der Waals surface area (Å²) in [5.74, 6) is -0.344. The Balaban J connectivity index is 0.000000532. The Morgan fingerprint density at radius 2 is 1.36 bits per heavy atom. The number of rotatable bonds is 14. The Kier molecular flexibility index (Phi) is 15.3. The first kappa shape index (κ1) is 49.8. The van der Waals surface area contributed by atoms with E-state index in [-0.39, 0.29) is 21.5 Å². The maximum absolute atomic E-state index is 11.4. The topological polar surface area (TPSA) is 121 Å². The van der Waals surface area contributed by atoms with Gasteiger partial charge in [-0.2, -0.15) is 4.58 Å². The van der Waals surface area contributed by atoms with Crippen molar-refractivity contribution in [2.24, 2.45) is 0 Å². The van der Waals surface area contributed by atoms with Crippen LogP contribution in [0.2, 0.25) is 0 Å². The number of anilines is 1. The van der Waals surface area contributed by atoms with Gasteiger partial charge in [-0.25, -0.2) is 16.8 Å². The summed E-state index contributed by atoms with van der Waals surface area (Å²) >= 11 is 7.21. The van der Waals surface area contributed by atoms with Crippen LogP contribution in [0.1, 0.15) is 103 Å². The van der Waals surface area contributed by atoms with Crippen molar-refractivity contribution in [3.63, 3.8) is 0 Å². The van der Waals surface area contributed by atoms with E-state index in [0.29, 0.717) is 19.4 Å². The van der Waals surface area contributed by atoms with E-state index in [1.807, 2.05) is 6.92 Å². The van der Waals surface area contributed by atoms with Gasteiger partial charge in [0.15, 0.2) is 5.71 Å². The molecule has 0 N–H and O–H groups in total. The van der Waals surface area contributed by atoms with Crippen LogP contribution in [0.15, 0.2) is 160 Å². The second-order valence-corrected chi connectivity index (χ2v) is 22.2. The third-order valence-electron chi connectivity index (χ3n) is 13.4. The molecule has 0 bridgehead atoms. The van der Waals surface area contributed by atoms with Crippen LogP contribution >= 0.6 is 11.6 Å². The Hall–Kier alpha value is -5.10. The van der Waals surface area contributed by atoms with Crippen LogP contribution in [-0.4, -0.2) is 55.1 Å². The number of halogens is 1. The molecule has 0 amide bonds. The van der Waals surface area contributed by atoms with Gasteiger partial charge in [-0.15, -0.1) is 0 Å². The minimum absolute atomic E-state index is 0.139. The number of benzene rings is 5. The van der Waals surface area contributed by atoms with Gasteiger partial charge in [0.2, 0.25) is 5.69 Å². The highest BCUT2D eigenvalue weighted by molar-refractivity contribution is 7.86. The highest BCUT2D eigenvalue weighted by Gasteiger charge is 2.45. The predicted molar refractivity (Wildman–Crippen MR) is 275 cm³/mol. The molecule has 8 rings (SSSR count). The number of fused-ring (bicyclic) bond motifs is 6. The second-order valence-electron chi connectivity index (χ2n) is 18.9. The monoisotopic (exact) mass is 957 g/mol. The van der Waals surface area contributed by atoms with Crippen molar-refractivity contribution in [2.75, 3.05) is 23.7 Å². The highest BCUT2D eigenvalue weighted by atomic mass is 35.5. The number of nitrogens with zero attached hydrogens (tertiary/aromatic N) is 2. The van der Waals surface area contributed by atoms with Crippen LogP contribution in [0.4, 0.5) is 11.4 Å². The first-order valence-electron chi connectivity index (χ1n) is 23.4. The fraction of sp³-hybridized carbons (Fsp3) is 0.339. The van der Waals surface area contributed by atoms with Crippen molar-refractivity contribution in [3.8, 4) is 0 Å². The van der Waals surface area contributed by atoms with Gasteiger partial charge in [0.05, 0.1) is 20.4 Å². The quantitative estimate of drug-likeness (QED) is 0.0617. The van der Waals surface area contributed by atoms with Gasteiger partial charge in [0.1, 0.15) is 16.7 Å². The van der Waals surface area contributed by atoms with Gasteiger partial charge >= 0.3 is 0 Å². The molecule has 3 aliphatic rings.